The maximum atomic E-state index is 12.0. The molecule has 2 heterocycles. The minimum Gasteiger partial charge on any atom is -0.494 e. The molecule has 1 aliphatic carbocycles. The van der Waals surface area contributed by atoms with Crippen LogP contribution < -0.4 is 15.2 Å². The van der Waals surface area contributed by atoms with Crippen LogP contribution in [0.3, 0.4) is 0 Å². The van der Waals surface area contributed by atoms with Crippen molar-refractivity contribution < 1.29 is 14.3 Å². The summed E-state index contributed by atoms with van der Waals surface area (Å²) in [5, 5.41) is 5.07. The predicted octanol–water partition coefficient (Wildman–Crippen LogP) is 5.10. The van der Waals surface area contributed by atoms with Gasteiger partial charge in [0.25, 0.3) is 5.91 Å². The summed E-state index contributed by atoms with van der Waals surface area (Å²) in [4.78, 5) is 12.6. The second-order valence-corrected chi connectivity index (χ2v) is 8.54. The van der Waals surface area contributed by atoms with Crippen molar-refractivity contribution in [1.82, 2.24) is 9.78 Å². The monoisotopic (exact) mass is 425 g/mol. The van der Waals surface area contributed by atoms with Gasteiger partial charge >= 0.3 is 0 Å². The van der Waals surface area contributed by atoms with Crippen molar-refractivity contribution in [3.05, 3.63) is 46.5 Å². The molecule has 0 aliphatic heterocycles. The number of fused-ring (bicyclic) bond motifs is 3. The van der Waals surface area contributed by atoms with Crippen molar-refractivity contribution in [2.45, 2.75) is 45.4 Å². The topological polar surface area (TPSA) is 79.4 Å². The molecule has 1 amide bonds. The number of unbranched alkanes of at least 4 members (excludes halogenated alkanes) is 3. The van der Waals surface area contributed by atoms with E-state index in [1.807, 2.05) is 42.2 Å². The number of aryl methyl sites for hydroxylation is 2. The van der Waals surface area contributed by atoms with Crippen molar-refractivity contribution in [1.29, 1.82) is 0 Å². The van der Waals surface area contributed by atoms with E-state index in [-0.39, 0.29) is 0 Å². The van der Waals surface area contributed by atoms with Crippen LogP contribution in [0.1, 0.15) is 53.4 Å². The second-order valence-electron chi connectivity index (χ2n) is 7.56. The third kappa shape index (κ3) is 4.07. The molecule has 158 valence electrons. The molecule has 0 radical (unpaired) electrons. The van der Waals surface area contributed by atoms with E-state index in [0.717, 1.165) is 54.0 Å². The van der Waals surface area contributed by atoms with Gasteiger partial charge in [0.2, 0.25) is 0 Å². The van der Waals surface area contributed by atoms with Gasteiger partial charge in [-0.2, -0.15) is 5.10 Å². The van der Waals surface area contributed by atoms with Crippen molar-refractivity contribution in [2.24, 2.45) is 12.8 Å². The number of carbonyl (C=O) groups excluding carboxylic acids is 1. The summed E-state index contributed by atoms with van der Waals surface area (Å²) in [5.41, 5.74) is 9.72. The highest BCUT2D eigenvalue weighted by atomic mass is 32.1. The number of hydrogen-bond donors (Lipinski definition) is 1. The van der Waals surface area contributed by atoms with Crippen LogP contribution in [0.5, 0.6) is 16.6 Å². The number of amides is 1. The van der Waals surface area contributed by atoms with Crippen molar-refractivity contribution >= 4 is 17.2 Å². The highest BCUT2D eigenvalue weighted by molar-refractivity contribution is 7.16. The fourth-order valence-electron chi connectivity index (χ4n) is 3.87. The number of primary amides is 1. The van der Waals surface area contributed by atoms with E-state index in [4.69, 9.17) is 15.2 Å². The Balaban J connectivity index is 1.54. The Labute approximate surface area is 180 Å². The molecule has 2 aromatic heterocycles. The SMILES string of the molecule is CCCCCCOc1ccc(Oc2sc(C(N)=O)c3c2-c2c(cnn2C)CC3)cc1. The first kappa shape index (κ1) is 20.5. The van der Waals surface area contributed by atoms with E-state index in [0.29, 0.717) is 15.7 Å². The molecule has 0 spiro atoms. The number of aromatic nitrogens is 2. The lowest BCUT2D eigenvalue weighted by molar-refractivity contribution is 0.100. The van der Waals surface area contributed by atoms with Crippen LogP contribution in [0.15, 0.2) is 30.5 Å². The smallest absolute Gasteiger partial charge is 0.259 e. The molecule has 0 saturated carbocycles. The highest BCUT2D eigenvalue weighted by Crippen LogP contribution is 2.48. The lowest BCUT2D eigenvalue weighted by atomic mass is 9.91. The van der Waals surface area contributed by atoms with Crippen LogP contribution >= 0.6 is 11.3 Å². The first-order valence-corrected chi connectivity index (χ1v) is 11.3. The van der Waals surface area contributed by atoms with E-state index in [2.05, 4.69) is 12.0 Å². The van der Waals surface area contributed by atoms with E-state index >= 15 is 0 Å². The molecule has 0 fully saturated rings. The Morgan fingerprint density at radius 3 is 2.67 bits per heavy atom. The number of nitrogens with zero attached hydrogens (tertiary/aromatic N) is 2. The van der Waals surface area contributed by atoms with Gasteiger partial charge in [0, 0.05) is 7.05 Å². The summed E-state index contributed by atoms with van der Waals surface area (Å²) in [6.45, 7) is 2.93. The minimum absolute atomic E-state index is 0.413. The third-order valence-electron chi connectivity index (χ3n) is 5.40. The summed E-state index contributed by atoms with van der Waals surface area (Å²) in [7, 11) is 1.91. The number of carbonyl (C=O) groups is 1. The van der Waals surface area contributed by atoms with E-state index < -0.39 is 5.91 Å². The van der Waals surface area contributed by atoms with Crippen LogP contribution in [0.25, 0.3) is 11.3 Å². The number of hydrogen-bond acceptors (Lipinski definition) is 5. The molecule has 2 N–H and O–H groups in total. The number of rotatable bonds is 9. The molecule has 4 rings (SSSR count). The number of ether oxygens (including phenoxy) is 2. The molecule has 0 bridgehead atoms. The van der Waals surface area contributed by atoms with Gasteiger partial charge in [-0.1, -0.05) is 37.5 Å². The maximum Gasteiger partial charge on any atom is 0.259 e. The van der Waals surface area contributed by atoms with Crippen molar-refractivity contribution in [2.75, 3.05) is 6.61 Å². The zero-order valence-electron chi connectivity index (χ0n) is 17.4. The van der Waals surface area contributed by atoms with Gasteiger partial charge in [0.1, 0.15) is 11.5 Å². The molecule has 1 aromatic carbocycles. The van der Waals surface area contributed by atoms with Crippen molar-refractivity contribution in [3.8, 4) is 27.8 Å². The standard InChI is InChI=1S/C23H27N3O3S/c1-3-4-5-6-13-28-16-8-10-17(11-9-16)29-23-19-18(21(30-23)22(24)27)12-7-15-14-25-26(2)20(15)19/h8-11,14H,3-7,12-13H2,1-2H3,(H2,24,27). The molecule has 1 aliphatic rings. The molecule has 0 unspecified atom stereocenters. The van der Waals surface area contributed by atoms with Crippen LogP contribution in [0, 0.1) is 0 Å². The lowest BCUT2D eigenvalue weighted by Crippen LogP contribution is -2.13. The lowest BCUT2D eigenvalue weighted by Gasteiger charge is -2.16. The first-order valence-electron chi connectivity index (χ1n) is 10.5. The molecule has 0 atom stereocenters. The highest BCUT2D eigenvalue weighted by Gasteiger charge is 2.30. The van der Waals surface area contributed by atoms with Crippen LogP contribution in [-0.4, -0.2) is 22.3 Å². The molecular weight excluding hydrogens is 398 g/mol. The largest absolute Gasteiger partial charge is 0.494 e. The zero-order valence-corrected chi connectivity index (χ0v) is 18.3. The van der Waals surface area contributed by atoms with Gasteiger partial charge in [0.15, 0.2) is 5.06 Å². The first-order chi connectivity index (χ1) is 14.6. The van der Waals surface area contributed by atoms with E-state index in [1.54, 1.807) is 0 Å². The molecule has 0 saturated heterocycles. The average molecular weight is 426 g/mol. The second kappa shape index (κ2) is 8.92. The molecule has 7 heteroatoms. The minimum atomic E-state index is -0.413. The summed E-state index contributed by atoms with van der Waals surface area (Å²) in [5.74, 6) is 1.12. The molecular formula is C23H27N3O3S. The van der Waals surface area contributed by atoms with E-state index in [9.17, 15) is 4.79 Å². The van der Waals surface area contributed by atoms with Gasteiger partial charge in [-0.25, -0.2) is 0 Å². The quantitative estimate of drug-likeness (QED) is 0.484. The maximum absolute atomic E-state index is 12.0. The Kier molecular flexibility index (Phi) is 6.08. The van der Waals surface area contributed by atoms with Crippen LogP contribution in [0.2, 0.25) is 0 Å². The Bertz CT molecular complexity index is 1040. The normalized spacial score (nSPS) is 12.3. The molecule has 6 nitrogen and oxygen atoms in total. The number of thiophene rings is 1. The zero-order chi connectivity index (χ0) is 21.1. The number of nitrogens with two attached hydrogens (primary N) is 1. The summed E-state index contributed by atoms with van der Waals surface area (Å²) in [6.07, 6.45) is 8.21. The average Bonchev–Trinajstić information content (AvgIpc) is 3.30. The van der Waals surface area contributed by atoms with Crippen molar-refractivity contribution in [3.63, 3.8) is 0 Å². The summed E-state index contributed by atoms with van der Waals surface area (Å²) in [6, 6.07) is 7.62. The third-order valence-corrected chi connectivity index (χ3v) is 6.52. The summed E-state index contributed by atoms with van der Waals surface area (Å²) >= 11 is 1.31. The molecule has 3 aromatic rings. The number of benzene rings is 1. The Morgan fingerprint density at radius 2 is 1.93 bits per heavy atom. The fourth-order valence-corrected chi connectivity index (χ4v) is 4.94. The van der Waals surface area contributed by atoms with Gasteiger partial charge in [-0.15, -0.1) is 0 Å². The van der Waals surface area contributed by atoms with Gasteiger partial charge in [0.05, 0.1) is 28.9 Å². The Hall–Kier alpha value is -2.80. The fraction of sp³-hybridized carbons (Fsp3) is 0.391. The van der Waals surface area contributed by atoms with Crippen LogP contribution in [0.4, 0.5) is 0 Å². The summed E-state index contributed by atoms with van der Waals surface area (Å²) < 4.78 is 13.9. The predicted molar refractivity (Wildman–Crippen MR) is 119 cm³/mol. The van der Waals surface area contributed by atoms with E-state index in [1.165, 1.54) is 30.6 Å². The van der Waals surface area contributed by atoms with Gasteiger partial charge < -0.3 is 15.2 Å². The molecule has 30 heavy (non-hydrogen) atoms. The van der Waals surface area contributed by atoms with Gasteiger partial charge in [-0.05, 0) is 54.7 Å². The Morgan fingerprint density at radius 1 is 1.17 bits per heavy atom. The van der Waals surface area contributed by atoms with Crippen LogP contribution in [-0.2, 0) is 19.9 Å². The van der Waals surface area contributed by atoms with Gasteiger partial charge in [-0.3, -0.25) is 9.48 Å².